The normalized spacial score (nSPS) is 11.3. The Hall–Kier alpha value is -3.08. The summed E-state index contributed by atoms with van der Waals surface area (Å²) in [6, 6.07) is 18.5. The van der Waals surface area contributed by atoms with Gasteiger partial charge in [0.05, 0.1) is 20.2 Å². The summed E-state index contributed by atoms with van der Waals surface area (Å²) >= 11 is 0. The van der Waals surface area contributed by atoms with Crippen LogP contribution < -0.4 is 15.4 Å². The van der Waals surface area contributed by atoms with Gasteiger partial charge in [0.25, 0.3) is 0 Å². The summed E-state index contributed by atoms with van der Waals surface area (Å²) < 4.78 is 7.20. The van der Waals surface area contributed by atoms with E-state index >= 15 is 0 Å². The third-order valence-corrected chi connectivity index (χ3v) is 5.45. The van der Waals surface area contributed by atoms with Crippen molar-refractivity contribution in [1.82, 2.24) is 30.4 Å². The van der Waals surface area contributed by atoms with Gasteiger partial charge in [-0.2, -0.15) is 0 Å². The number of aliphatic imine (C=N–C) groups is 1. The van der Waals surface area contributed by atoms with Crippen LogP contribution in [0.5, 0.6) is 5.75 Å². The van der Waals surface area contributed by atoms with E-state index in [0.29, 0.717) is 13.1 Å². The Morgan fingerprint density at radius 3 is 2.58 bits per heavy atom. The highest BCUT2D eigenvalue weighted by Gasteiger charge is 2.07. The Morgan fingerprint density at radius 2 is 1.88 bits per heavy atom. The third kappa shape index (κ3) is 6.47. The molecule has 0 fully saturated rings. The van der Waals surface area contributed by atoms with Crippen molar-refractivity contribution in [2.24, 2.45) is 12.0 Å². The number of para-hydroxylation sites is 1. The molecule has 0 aliphatic heterocycles. The summed E-state index contributed by atoms with van der Waals surface area (Å²) in [7, 11) is 3.63. The van der Waals surface area contributed by atoms with Gasteiger partial charge in [-0.25, -0.2) is 4.99 Å². The highest BCUT2D eigenvalue weighted by Crippen LogP contribution is 2.15. The van der Waals surface area contributed by atoms with Crippen molar-refractivity contribution in [1.29, 1.82) is 0 Å². The maximum atomic E-state index is 5.23. The number of nitrogens with zero attached hydrogens (tertiary/aromatic N) is 4. The van der Waals surface area contributed by atoms with Crippen LogP contribution in [0, 0.1) is 6.92 Å². The zero-order valence-electron chi connectivity index (χ0n) is 19.1. The SMILES string of the molecule is COc1ccc(CN=C(NCCc2cc3ccccc3[nH]2)NCc2nnc(C)n2C)cc1.I. The Balaban J connectivity index is 0.00000306. The highest BCUT2D eigenvalue weighted by molar-refractivity contribution is 14.0. The van der Waals surface area contributed by atoms with Gasteiger partial charge in [-0.3, -0.25) is 0 Å². The van der Waals surface area contributed by atoms with E-state index < -0.39 is 0 Å². The number of hydrogen-bond donors (Lipinski definition) is 3. The van der Waals surface area contributed by atoms with Crippen LogP contribution in [0.15, 0.2) is 59.6 Å². The van der Waals surface area contributed by atoms with Crippen LogP contribution in [-0.2, 0) is 26.6 Å². The number of halogens is 1. The quantitative estimate of drug-likeness (QED) is 0.174. The molecular formula is C24H30IN7O. The summed E-state index contributed by atoms with van der Waals surface area (Å²) in [4.78, 5) is 8.23. The van der Waals surface area contributed by atoms with Crippen molar-refractivity contribution in [3.05, 3.63) is 77.5 Å². The molecule has 0 aliphatic carbocycles. The maximum absolute atomic E-state index is 5.23. The lowest BCUT2D eigenvalue weighted by atomic mass is 10.2. The monoisotopic (exact) mass is 559 g/mol. The average molecular weight is 559 g/mol. The number of H-pyrrole nitrogens is 1. The van der Waals surface area contributed by atoms with Crippen LogP contribution in [0.25, 0.3) is 10.9 Å². The number of guanidine groups is 1. The van der Waals surface area contributed by atoms with E-state index in [1.165, 1.54) is 11.1 Å². The number of methoxy groups -OCH3 is 1. The highest BCUT2D eigenvalue weighted by atomic mass is 127. The molecule has 4 aromatic rings. The minimum absolute atomic E-state index is 0. The van der Waals surface area contributed by atoms with Gasteiger partial charge >= 0.3 is 0 Å². The fourth-order valence-electron chi connectivity index (χ4n) is 3.43. The van der Waals surface area contributed by atoms with Crippen molar-refractivity contribution in [3.8, 4) is 5.75 Å². The number of aryl methyl sites for hydroxylation is 1. The molecule has 2 aromatic carbocycles. The van der Waals surface area contributed by atoms with Crippen molar-refractivity contribution in [2.75, 3.05) is 13.7 Å². The molecule has 4 rings (SSSR count). The van der Waals surface area contributed by atoms with Gasteiger partial charge in [0, 0.05) is 31.2 Å². The maximum Gasteiger partial charge on any atom is 0.191 e. The lowest BCUT2D eigenvalue weighted by molar-refractivity contribution is 0.414. The molecule has 33 heavy (non-hydrogen) atoms. The molecule has 0 bridgehead atoms. The van der Waals surface area contributed by atoms with Gasteiger partial charge in [0.15, 0.2) is 11.8 Å². The standard InChI is InChI=1S/C24H29N7O.HI/c1-17-29-30-23(31(17)2)16-27-24(26-15-18-8-10-21(32-3)11-9-18)25-13-12-20-14-19-6-4-5-7-22(19)28-20;/h4-11,14,28H,12-13,15-16H2,1-3H3,(H2,25,26,27);1H. The zero-order chi connectivity index (χ0) is 22.3. The van der Waals surface area contributed by atoms with Crippen LogP contribution >= 0.6 is 24.0 Å². The lowest BCUT2D eigenvalue weighted by Crippen LogP contribution is -2.38. The van der Waals surface area contributed by atoms with Gasteiger partial charge < -0.3 is 24.9 Å². The molecule has 0 saturated heterocycles. The van der Waals surface area contributed by atoms with E-state index in [1.807, 2.05) is 48.9 Å². The topological polar surface area (TPSA) is 92.2 Å². The first-order valence-electron chi connectivity index (χ1n) is 10.7. The first kappa shape index (κ1) is 24.6. The van der Waals surface area contributed by atoms with Gasteiger partial charge in [0.2, 0.25) is 0 Å². The Morgan fingerprint density at radius 1 is 1.09 bits per heavy atom. The predicted octanol–water partition coefficient (Wildman–Crippen LogP) is 3.71. The second kappa shape index (κ2) is 11.7. The van der Waals surface area contributed by atoms with E-state index in [0.717, 1.165) is 47.4 Å². The summed E-state index contributed by atoms with van der Waals surface area (Å²) in [5.41, 5.74) is 3.46. The summed E-state index contributed by atoms with van der Waals surface area (Å²) in [5.74, 6) is 3.31. The van der Waals surface area contributed by atoms with Crippen LogP contribution in [0.4, 0.5) is 0 Å². The molecular weight excluding hydrogens is 529 g/mol. The van der Waals surface area contributed by atoms with Gasteiger partial charge in [-0.05, 0) is 42.1 Å². The van der Waals surface area contributed by atoms with E-state index in [-0.39, 0.29) is 24.0 Å². The second-order valence-electron chi connectivity index (χ2n) is 7.65. The van der Waals surface area contributed by atoms with Crippen LogP contribution in [-0.4, -0.2) is 39.4 Å². The Bertz CT molecular complexity index is 1160. The van der Waals surface area contributed by atoms with Crippen LogP contribution in [0.2, 0.25) is 0 Å². The number of fused-ring (bicyclic) bond motifs is 1. The van der Waals surface area contributed by atoms with Crippen molar-refractivity contribution < 1.29 is 4.74 Å². The molecule has 8 nitrogen and oxygen atoms in total. The number of nitrogens with one attached hydrogen (secondary N) is 3. The molecule has 9 heteroatoms. The molecule has 3 N–H and O–H groups in total. The molecule has 2 aromatic heterocycles. The average Bonchev–Trinajstić information content (AvgIpc) is 3.38. The van der Waals surface area contributed by atoms with E-state index in [9.17, 15) is 0 Å². The molecule has 0 atom stereocenters. The van der Waals surface area contributed by atoms with Gasteiger partial charge in [-0.15, -0.1) is 34.2 Å². The number of aromatic nitrogens is 4. The predicted molar refractivity (Wildman–Crippen MR) is 142 cm³/mol. The van der Waals surface area contributed by atoms with E-state index in [2.05, 4.69) is 50.1 Å². The van der Waals surface area contributed by atoms with Crippen LogP contribution in [0.1, 0.15) is 22.9 Å². The number of rotatable bonds is 8. The number of hydrogen-bond acceptors (Lipinski definition) is 4. The summed E-state index contributed by atoms with van der Waals surface area (Å²) in [6.07, 6.45) is 0.862. The molecule has 0 amide bonds. The van der Waals surface area contributed by atoms with Crippen LogP contribution in [0.3, 0.4) is 0 Å². The smallest absolute Gasteiger partial charge is 0.191 e. The largest absolute Gasteiger partial charge is 0.497 e. The molecule has 174 valence electrons. The number of aromatic amines is 1. The zero-order valence-corrected chi connectivity index (χ0v) is 21.5. The Labute approximate surface area is 210 Å². The number of ether oxygens (including phenoxy) is 1. The first-order valence-corrected chi connectivity index (χ1v) is 10.7. The van der Waals surface area contributed by atoms with E-state index in [4.69, 9.17) is 9.73 Å². The van der Waals surface area contributed by atoms with Gasteiger partial charge in [-0.1, -0.05) is 30.3 Å². The molecule has 0 spiro atoms. The first-order chi connectivity index (χ1) is 15.6. The van der Waals surface area contributed by atoms with Gasteiger partial charge in [0.1, 0.15) is 11.6 Å². The number of benzene rings is 2. The lowest BCUT2D eigenvalue weighted by Gasteiger charge is -2.12. The summed E-state index contributed by atoms with van der Waals surface area (Å²) in [6.45, 7) is 3.79. The molecule has 0 saturated carbocycles. The second-order valence-corrected chi connectivity index (χ2v) is 7.65. The molecule has 0 unspecified atom stereocenters. The molecule has 0 aliphatic rings. The van der Waals surface area contributed by atoms with Crippen molar-refractivity contribution in [3.63, 3.8) is 0 Å². The minimum atomic E-state index is 0. The minimum Gasteiger partial charge on any atom is -0.497 e. The third-order valence-electron chi connectivity index (χ3n) is 5.45. The Kier molecular flexibility index (Phi) is 8.70. The van der Waals surface area contributed by atoms with Crippen molar-refractivity contribution in [2.45, 2.75) is 26.4 Å². The van der Waals surface area contributed by atoms with E-state index in [1.54, 1.807) is 7.11 Å². The van der Waals surface area contributed by atoms with Crippen molar-refractivity contribution >= 4 is 40.8 Å². The summed E-state index contributed by atoms with van der Waals surface area (Å²) in [5, 5.41) is 16.4. The molecule has 2 heterocycles. The fourth-order valence-corrected chi connectivity index (χ4v) is 3.43. The molecule has 0 radical (unpaired) electrons. The fraction of sp³-hybridized carbons (Fsp3) is 0.292.